The summed E-state index contributed by atoms with van der Waals surface area (Å²) in [6.45, 7) is 4.45. The molecular formula is C36H26. The molecule has 0 heteroatoms. The molecule has 0 heterocycles. The average molecular weight is 459 g/mol. The molecule has 0 saturated carbocycles. The summed E-state index contributed by atoms with van der Waals surface area (Å²) < 4.78 is 0. The Morgan fingerprint density at radius 2 is 1.33 bits per heavy atom. The molecule has 36 heavy (non-hydrogen) atoms. The van der Waals surface area contributed by atoms with E-state index in [-0.39, 0.29) is 5.41 Å². The monoisotopic (exact) mass is 458 g/mol. The second-order valence-corrected chi connectivity index (χ2v) is 10.6. The first kappa shape index (κ1) is 20.1. The van der Waals surface area contributed by atoms with E-state index in [1.54, 1.807) is 0 Å². The van der Waals surface area contributed by atoms with E-state index in [9.17, 15) is 0 Å². The van der Waals surface area contributed by atoms with Crippen molar-refractivity contribution in [3.8, 4) is 11.1 Å². The van der Waals surface area contributed by atoms with Gasteiger partial charge in [0, 0.05) is 0 Å². The Morgan fingerprint density at radius 1 is 0.556 bits per heavy atom. The highest BCUT2D eigenvalue weighted by Crippen LogP contribution is 2.61. The molecule has 0 nitrogen and oxygen atoms in total. The Kier molecular flexibility index (Phi) is 3.88. The van der Waals surface area contributed by atoms with Crippen molar-refractivity contribution in [2.45, 2.75) is 25.7 Å². The topological polar surface area (TPSA) is 0 Å². The maximum atomic E-state index is 2.43. The third kappa shape index (κ3) is 2.35. The van der Waals surface area contributed by atoms with Gasteiger partial charge in [-0.25, -0.2) is 0 Å². The predicted octanol–water partition coefficient (Wildman–Crippen LogP) is 8.88. The molecule has 6 aromatic carbocycles. The SMILES string of the molecule is Cc1ccc2c(c1)-c1c(ccc3c(C)cccc13)C21c2ccccc2Cc2c1ccc1ccccc21. The Balaban J connectivity index is 1.63. The second kappa shape index (κ2) is 6.95. The number of hydrogen-bond acceptors (Lipinski definition) is 0. The van der Waals surface area contributed by atoms with Crippen LogP contribution in [0.3, 0.4) is 0 Å². The molecule has 0 aliphatic heterocycles. The van der Waals surface area contributed by atoms with Crippen LogP contribution in [0.15, 0.2) is 109 Å². The number of rotatable bonds is 0. The van der Waals surface area contributed by atoms with E-state index in [1.165, 1.54) is 77.2 Å². The summed E-state index contributed by atoms with van der Waals surface area (Å²) in [5.74, 6) is 0. The van der Waals surface area contributed by atoms with Gasteiger partial charge in [-0.3, -0.25) is 0 Å². The van der Waals surface area contributed by atoms with Gasteiger partial charge in [0.2, 0.25) is 0 Å². The van der Waals surface area contributed by atoms with Gasteiger partial charge in [0.15, 0.2) is 0 Å². The molecule has 0 bridgehead atoms. The first-order chi connectivity index (χ1) is 17.7. The van der Waals surface area contributed by atoms with Crippen LogP contribution in [-0.4, -0.2) is 0 Å². The summed E-state index contributed by atoms with van der Waals surface area (Å²) in [7, 11) is 0. The van der Waals surface area contributed by atoms with E-state index in [1.807, 2.05) is 0 Å². The van der Waals surface area contributed by atoms with Gasteiger partial charge in [-0.05, 0) is 91.9 Å². The van der Waals surface area contributed by atoms with Gasteiger partial charge in [0.25, 0.3) is 0 Å². The first-order valence-corrected chi connectivity index (χ1v) is 12.9. The third-order valence-electron chi connectivity index (χ3n) is 8.77. The Labute approximate surface area is 211 Å². The maximum Gasteiger partial charge on any atom is 0.0719 e. The first-order valence-electron chi connectivity index (χ1n) is 12.9. The molecule has 0 N–H and O–H groups in total. The summed E-state index contributed by atoms with van der Waals surface area (Å²) in [6.07, 6.45) is 0.970. The van der Waals surface area contributed by atoms with Crippen molar-refractivity contribution in [3.05, 3.63) is 154 Å². The minimum atomic E-state index is -0.315. The minimum Gasteiger partial charge on any atom is -0.0620 e. The Bertz CT molecular complexity index is 1890. The van der Waals surface area contributed by atoms with Gasteiger partial charge in [-0.2, -0.15) is 0 Å². The normalized spacial score (nSPS) is 17.2. The van der Waals surface area contributed by atoms with Gasteiger partial charge >= 0.3 is 0 Å². The van der Waals surface area contributed by atoms with Crippen LogP contribution in [-0.2, 0) is 11.8 Å². The van der Waals surface area contributed by atoms with Gasteiger partial charge in [-0.15, -0.1) is 0 Å². The van der Waals surface area contributed by atoms with E-state index >= 15 is 0 Å². The van der Waals surface area contributed by atoms with E-state index in [2.05, 4.69) is 123 Å². The van der Waals surface area contributed by atoms with Crippen LogP contribution in [0.1, 0.15) is 44.5 Å². The van der Waals surface area contributed by atoms with Crippen molar-refractivity contribution in [2.75, 3.05) is 0 Å². The second-order valence-electron chi connectivity index (χ2n) is 10.6. The van der Waals surface area contributed by atoms with Crippen molar-refractivity contribution >= 4 is 21.5 Å². The van der Waals surface area contributed by atoms with Crippen LogP contribution in [0.4, 0.5) is 0 Å². The molecule has 2 aliphatic rings. The van der Waals surface area contributed by atoms with Gasteiger partial charge < -0.3 is 0 Å². The average Bonchev–Trinajstić information content (AvgIpc) is 3.19. The number of hydrogen-bond donors (Lipinski definition) is 0. The fourth-order valence-corrected chi connectivity index (χ4v) is 7.29. The Morgan fingerprint density at radius 3 is 2.28 bits per heavy atom. The lowest BCUT2D eigenvalue weighted by molar-refractivity contribution is 0.725. The van der Waals surface area contributed by atoms with Gasteiger partial charge in [0.05, 0.1) is 5.41 Å². The Hall–Kier alpha value is -4.16. The molecule has 1 spiro atoms. The van der Waals surface area contributed by atoms with E-state index in [0.29, 0.717) is 0 Å². The largest absolute Gasteiger partial charge is 0.0719 e. The molecule has 0 amide bonds. The lowest BCUT2D eigenvalue weighted by Gasteiger charge is -2.40. The molecule has 2 aliphatic carbocycles. The standard InChI is InChI=1S/C36H26/c1-22-14-17-33-30(20-22)35-28-12-7-8-23(2)26(28)16-19-34(35)36(33)31-13-6-4-10-25(31)21-29-27-11-5-3-9-24(27)15-18-32(29)36/h3-20H,21H2,1-2H3. The van der Waals surface area contributed by atoms with Crippen LogP contribution in [0, 0.1) is 13.8 Å². The molecule has 8 rings (SSSR count). The highest BCUT2D eigenvalue weighted by molar-refractivity contribution is 6.06. The van der Waals surface area contributed by atoms with Crippen molar-refractivity contribution < 1.29 is 0 Å². The van der Waals surface area contributed by atoms with E-state index in [4.69, 9.17) is 0 Å². The van der Waals surface area contributed by atoms with Crippen molar-refractivity contribution in [1.29, 1.82) is 0 Å². The predicted molar refractivity (Wildman–Crippen MR) is 151 cm³/mol. The van der Waals surface area contributed by atoms with Crippen LogP contribution in [0.5, 0.6) is 0 Å². The van der Waals surface area contributed by atoms with Crippen LogP contribution >= 0.6 is 0 Å². The molecule has 1 atom stereocenters. The molecule has 0 aromatic heterocycles. The molecule has 0 fully saturated rings. The third-order valence-corrected chi connectivity index (χ3v) is 8.77. The summed E-state index contributed by atoms with van der Waals surface area (Å²) >= 11 is 0. The van der Waals surface area contributed by atoms with Crippen molar-refractivity contribution in [2.24, 2.45) is 0 Å². The van der Waals surface area contributed by atoms with Crippen LogP contribution in [0.2, 0.25) is 0 Å². The number of fused-ring (bicyclic) bond motifs is 13. The molecule has 1 unspecified atom stereocenters. The minimum absolute atomic E-state index is 0.315. The zero-order valence-electron chi connectivity index (χ0n) is 20.6. The summed E-state index contributed by atoms with van der Waals surface area (Å²) in [4.78, 5) is 0. The smallest absolute Gasteiger partial charge is 0.0620 e. The van der Waals surface area contributed by atoms with E-state index in [0.717, 1.165) is 6.42 Å². The molecule has 6 aromatic rings. The fourth-order valence-electron chi connectivity index (χ4n) is 7.29. The summed E-state index contributed by atoms with van der Waals surface area (Å²) in [6, 6.07) is 41.5. The van der Waals surface area contributed by atoms with Crippen LogP contribution < -0.4 is 0 Å². The molecule has 170 valence electrons. The quantitative estimate of drug-likeness (QED) is 0.213. The zero-order valence-corrected chi connectivity index (χ0v) is 20.6. The zero-order chi connectivity index (χ0) is 24.0. The van der Waals surface area contributed by atoms with Crippen molar-refractivity contribution in [1.82, 2.24) is 0 Å². The van der Waals surface area contributed by atoms with Gasteiger partial charge in [0.1, 0.15) is 0 Å². The maximum absolute atomic E-state index is 2.43. The number of benzene rings is 6. The summed E-state index contributed by atoms with van der Waals surface area (Å²) in [5.41, 5.74) is 13.7. The highest BCUT2D eigenvalue weighted by Gasteiger charge is 2.50. The molecular weight excluding hydrogens is 432 g/mol. The molecule has 0 saturated heterocycles. The summed E-state index contributed by atoms with van der Waals surface area (Å²) in [5, 5.41) is 5.41. The van der Waals surface area contributed by atoms with Gasteiger partial charge in [-0.1, -0.05) is 115 Å². The molecule has 0 radical (unpaired) electrons. The lowest BCUT2D eigenvalue weighted by atomic mass is 9.61. The van der Waals surface area contributed by atoms with E-state index < -0.39 is 0 Å². The fraction of sp³-hybridized carbons (Fsp3) is 0.111. The highest BCUT2D eigenvalue weighted by atomic mass is 14.5. The van der Waals surface area contributed by atoms with Crippen molar-refractivity contribution in [3.63, 3.8) is 0 Å². The number of aryl methyl sites for hydroxylation is 2. The lowest BCUT2D eigenvalue weighted by Crippen LogP contribution is -2.34. The van der Waals surface area contributed by atoms with Crippen LogP contribution in [0.25, 0.3) is 32.7 Å².